The Hall–Kier alpha value is -3.14. The van der Waals surface area contributed by atoms with Gasteiger partial charge in [0.15, 0.2) is 0 Å². The zero-order valence-electron chi connectivity index (χ0n) is 11.6. The number of hydrogen-bond acceptors (Lipinski definition) is 4. The molecule has 4 rings (SSSR count). The van der Waals surface area contributed by atoms with Crippen molar-refractivity contribution in [3.63, 3.8) is 0 Å². The Labute approximate surface area is 126 Å². The van der Waals surface area contributed by atoms with E-state index in [0.717, 1.165) is 16.3 Å². The van der Waals surface area contributed by atoms with Crippen LogP contribution in [0.25, 0.3) is 32.9 Å². The van der Waals surface area contributed by atoms with Crippen LogP contribution in [-0.4, -0.2) is 20.2 Å². The van der Waals surface area contributed by atoms with Crippen LogP contribution in [-0.2, 0) is 0 Å². The molecular formula is C18H12N2O2. The quantitative estimate of drug-likeness (QED) is 0.558. The number of fused-ring (bicyclic) bond motifs is 2. The van der Waals surface area contributed by atoms with Gasteiger partial charge in [0.2, 0.25) is 0 Å². The van der Waals surface area contributed by atoms with Crippen molar-refractivity contribution in [3.05, 3.63) is 60.9 Å². The SMILES string of the molecule is Oc1ccc2ncccc2c1-c1c(O)ccc2cccnc12. The van der Waals surface area contributed by atoms with Gasteiger partial charge in [-0.2, -0.15) is 0 Å². The Morgan fingerprint density at radius 3 is 2.32 bits per heavy atom. The highest BCUT2D eigenvalue weighted by Crippen LogP contribution is 2.43. The average Bonchev–Trinajstić information content (AvgIpc) is 2.56. The molecule has 2 aromatic carbocycles. The summed E-state index contributed by atoms with van der Waals surface area (Å²) in [6, 6.07) is 14.2. The molecule has 106 valence electrons. The highest BCUT2D eigenvalue weighted by atomic mass is 16.3. The number of phenols is 2. The summed E-state index contributed by atoms with van der Waals surface area (Å²) in [5.41, 5.74) is 2.47. The molecule has 2 N–H and O–H groups in total. The molecule has 0 aliphatic heterocycles. The number of rotatable bonds is 1. The average molecular weight is 288 g/mol. The first-order valence-corrected chi connectivity index (χ1v) is 6.89. The van der Waals surface area contributed by atoms with Gasteiger partial charge in [-0.05, 0) is 36.4 Å². The minimum atomic E-state index is 0.0813. The fourth-order valence-electron chi connectivity index (χ4n) is 2.78. The minimum absolute atomic E-state index is 0.0813. The first-order valence-electron chi connectivity index (χ1n) is 6.89. The summed E-state index contributed by atoms with van der Waals surface area (Å²) in [7, 11) is 0. The van der Waals surface area contributed by atoms with Crippen LogP contribution in [0, 0.1) is 0 Å². The lowest BCUT2D eigenvalue weighted by Crippen LogP contribution is -1.89. The van der Waals surface area contributed by atoms with Gasteiger partial charge in [-0.25, -0.2) is 0 Å². The van der Waals surface area contributed by atoms with E-state index < -0.39 is 0 Å². The van der Waals surface area contributed by atoms with Gasteiger partial charge in [0.1, 0.15) is 11.5 Å². The molecule has 0 unspecified atom stereocenters. The Kier molecular flexibility index (Phi) is 2.69. The number of nitrogens with zero attached hydrogens (tertiary/aromatic N) is 2. The maximum Gasteiger partial charge on any atom is 0.125 e. The Morgan fingerprint density at radius 1 is 0.682 bits per heavy atom. The summed E-state index contributed by atoms with van der Waals surface area (Å²) in [4.78, 5) is 8.68. The normalized spacial score (nSPS) is 11.1. The first kappa shape index (κ1) is 12.6. The second kappa shape index (κ2) is 4.70. The third kappa shape index (κ3) is 1.78. The molecular weight excluding hydrogens is 276 g/mol. The molecule has 4 nitrogen and oxygen atoms in total. The number of phenolic OH excluding ortho intramolecular Hbond substituents is 2. The van der Waals surface area contributed by atoms with Crippen LogP contribution < -0.4 is 0 Å². The Bertz CT molecular complexity index is 929. The van der Waals surface area contributed by atoms with Crippen LogP contribution in [0.3, 0.4) is 0 Å². The van der Waals surface area contributed by atoms with E-state index in [1.54, 1.807) is 36.7 Å². The van der Waals surface area contributed by atoms with E-state index in [1.807, 2.05) is 24.3 Å². The van der Waals surface area contributed by atoms with Crippen molar-refractivity contribution in [1.82, 2.24) is 9.97 Å². The fourth-order valence-corrected chi connectivity index (χ4v) is 2.78. The zero-order valence-corrected chi connectivity index (χ0v) is 11.6. The second-order valence-electron chi connectivity index (χ2n) is 5.06. The number of aromatic hydroxyl groups is 2. The summed E-state index contributed by atoms with van der Waals surface area (Å²) in [6.07, 6.45) is 3.37. The molecule has 0 spiro atoms. The topological polar surface area (TPSA) is 66.2 Å². The molecule has 0 saturated heterocycles. The number of hydrogen-bond donors (Lipinski definition) is 2. The van der Waals surface area contributed by atoms with Crippen LogP contribution >= 0.6 is 0 Å². The van der Waals surface area contributed by atoms with E-state index in [4.69, 9.17) is 0 Å². The summed E-state index contributed by atoms with van der Waals surface area (Å²) in [5.74, 6) is 0.173. The number of pyridine rings is 2. The van der Waals surface area contributed by atoms with E-state index in [0.29, 0.717) is 16.6 Å². The van der Waals surface area contributed by atoms with Crippen molar-refractivity contribution in [1.29, 1.82) is 0 Å². The molecule has 0 atom stereocenters. The minimum Gasteiger partial charge on any atom is -0.507 e. The van der Waals surface area contributed by atoms with Gasteiger partial charge in [0.25, 0.3) is 0 Å². The molecule has 0 aliphatic rings. The van der Waals surface area contributed by atoms with Crippen molar-refractivity contribution in [3.8, 4) is 22.6 Å². The summed E-state index contributed by atoms with van der Waals surface area (Å²) in [5, 5.41) is 22.4. The van der Waals surface area contributed by atoms with Crippen molar-refractivity contribution in [2.75, 3.05) is 0 Å². The number of aromatic nitrogens is 2. The van der Waals surface area contributed by atoms with E-state index in [-0.39, 0.29) is 11.5 Å². The van der Waals surface area contributed by atoms with E-state index >= 15 is 0 Å². The lowest BCUT2D eigenvalue weighted by atomic mass is 9.96. The Morgan fingerprint density at radius 2 is 1.41 bits per heavy atom. The molecule has 0 aliphatic carbocycles. The van der Waals surface area contributed by atoms with Gasteiger partial charge in [0.05, 0.1) is 16.6 Å². The molecule has 0 radical (unpaired) electrons. The maximum atomic E-state index is 10.4. The van der Waals surface area contributed by atoms with Gasteiger partial charge in [-0.1, -0.05) is 12.1 Å². The standard InChI is InChI=1S/C18H12N2O2/c21-14-8-6-13-12(4-2-9-19-13)16(14)17-15(22)7-5-11-3-1-10-20-18(11)17/h1-10,21-22H. The molecule has 0 fully saturated rings. The van der Waals surface area contributed by atoms with Crippen LogP contribution in [0.1, 0.15) is 0 Å². The summed E-state index contributed by atoms with van der Waals surface area (Å²) < 4.78 is 0. The molecule has 4 aromatic rings. The number of benzene rings is 2. The van der Waals surface area contributed by atoms with Crippen molar-refractivity contribution in [2.45, 2.75) is 0 Å². The van der Waals surface area contributed by atoms with Crippen LogP contribution in [0.5, 0.6) is 11.5 Å². The predicted molar refractivity (Wildman–Crippen MR) is 85.8 cm³/mol. The van der Waals surface area contributed by atoms with Gasteiger partial charge in [-0.15, -0.1) is 0 Å². The third-order valence-electron chi connectivity index (χ3n) is 3.77. The highest BCUT2D eigenvalue weighted by molar-refractivity contribution is 6.07. The smallest absolute Gasteiger partial charge is 0.125 e. The first-order chi connectivity index (χ1) is 10.8. The van der Waals surface area contributed by atoms with Crippen LogP contribution in [0.15, 0.2) is 60.9 Å². The van der Waals surface area contributed by atoms with Crippen molar-refractivity contribution in [2.24, 2.45) is 0 Å². The van der Waals surface area contributed by atoms with Gasteiger partial charge in [0, 0.05) is 28.7 Å². The van der Waals surface area contributed by atoms with E-state index in [2.05, 4.69) is 9.97 Å². The molecule has 22 heavy (non-hydrogen) atoms. The molecule has 2 aromatic heterocycles. The largest absolute Gasteiger partial charge is 0.507 e. The van der Waals surface area contributed by atoms with Crippen molar-refractivity contribution < 1.29 is 10.2 Å². The zero-order chi connectivity index (χ0) is 15.1. The third-order valence-corrected chi connectivity index (χ3v) is 3.77. The highest BCUT2D eigenvalue weighted by Gasteiger charge is 2.17. The molecule has 2 heterocycles. The summed E-state index contributed by atoms with van der Waals surface area (Å²) >= 11 is 0. The maximum absolute atomic E-state index is 10.4. The molecule has 0 bridgehead atoms. The fraction of sp³-hybridized carbons (Fsp3) is 0. The van der Waals surface area contributed by atoms with Gasteiger partial charge >= 0.3 is 0 Å². The lowest BCUT2D eigenvalue weighted by molar-refractivity contribution is 0.470. The van der Waals surface area contributed by atoms with E-state index in [9.17, 15) is 10.2 Å². The molecule has 0 amide bonds. The lowest BCUT2D eigenvalue weighted by Gasteiger charge is -2.12. The van der Waals surface area contributed by atoms with Gasteiger partial charge in [-0.3, -0.25) is 9.97 Å². The molecule has 0 saturated carbocycles. The predicted octanol–water partition coefficient (Wildman–Crippen LogP) is 3.86. The van der Waals surface area contributed by atoms with Crippen LogP contribution in [0.4, 0.5) is 0 Å². The second-order valence-corrected chi connectivity index (χ2v) is 5.06. The Balaban J connectivity index is 2.21. The monoisotopic (exact) mass is 288 g/mol. The van der Waals surface area contributed by atoms with E-state index in [1.165, 1.54) is 0 Å². The van der Waals surface area contributed by atoms with Crippen molar-refractivity contribution >= 4 is 21.8 Å². The van der Waals surface area contributed by atoms with Crippen LogP contribution in [0.2, 0.25) is 0 Å². The summed E-state index contributed by atoms with van der Waals surface area (Å²) in [6.45, 7) is 0. The molecule has 4 heteroatoms. The van der Waals surface area contributed by atoms with Gasteiger partial charge < -0.3 is 10.2 Å².